The normalized spacial score (nSPS) is 9.38. The van der Waals surface area contributed by atoms with E-state index in [1.54, 1.807) is 18.9 Å². The Morgan fingerprint density at radius 2 is 2.15 bits per heavy atom. The molecule has 3 heteroatoms. The number of rotatable bonds is 2. The van der Waals surface area contributed by atoms with Crippen molar-refractivity contribution in [2.45, 2.75) is 11.8 Å². The van der Waals surface area contributed by atoms with Crippen molar-refractivity contribution < 1.29 is 4.74 Å². The van der Waals surface area contributed by atoms with Gasteiger partial charge in [-0.1, -0.05) is 6.07 Å². The number of hydrogen-bond donors (Lipinski definition) is 0. The van der Waals surface area contributed by atoms with Crippen molar-refractivity contribution in [3.05, 3.63) is 23.3 Å². The molecule has 0 aliphatic rings. The number of ether oxygens (including phenoxy) is 1. The summed E-state index contributed by atoms with van der Waals surface area (Å²) in [7, 11) is 1.59. The van der Waals surface area contributed by atoms with Crippen LogP contribution in [0.4, 0.5) is 0 Å². The molecule has 0 radical (unpaired) electrons. The van der Waals surface area contributed by atoms with Crippen molar-refractivity contribution in [3.63, 3.8) is 0 Å². The van der Waals surface area contributed by atoms with Gasteiger partial charge in [0.25, 0.3) is 0 Å². The summed E-state index contributed by atoms with van der Waals surface area (Å²) in [5.74, 6) is 0.689. The number of benzene rings is 1. The van der Waals surface area contributed by atoms with E-state index in [1.807, 2.05) is 25.3 Å². The summed E-state index contributed by atoms with van der Waals surface area (Å²) in [4.78, 5) is 0.963. The Labute approximate surface area is 82.5 Å². The molecule has 0 unspecified atom stereocenters. The van der Waals surface area contributed by atoms with Crippen LogP contribution >= 0.6 is 11.8 Å². The van der Waals surface area contributed by atoms with Crippen LogP contribution in [-0.4, -0.2) is 13.4 Å². The van der Waals surface area contributed by atoms with Gasteiger partial charge in [0.15, 0.2) is 0 Å². The van der Waals surface area contributed by atoms with Crippen LogP contribution in [-0.2, 0) is 0 Å². The third-order valence-corrected chi connectivity index (χ3v) is 2.63. The highest BCUT2D eigenvalue weighted by Crippen LogP contribution is 2.30. The first kappa shape index (κ1) is 9.94. The first-order valence-electron chi connectivity index (χ1n) is 3.86. The molecule has 0 heterocycles. The molecule has 0 amide bonds. The summed E-state index contributed by atoms with van der Waals surface area (Å²) >= 11 is 1.56. The summed E-state index contributed by atoms with van der Waals surface area (Å²) < 4.78 is 5.17. The molecule has 13 heavy (non-hydrogen) atoms. The van der Waals surface area contributed by atoms with Crippen molar-refractivity contribution in [2.75, 3.05) is 13.4 Å². The van der Waals surface area contributed by atoms with Crippen LogP contribution in [0.1, 0.15) is 11.1 Å². The second kappa shape index (κ2) is 4.20. The minimum absolute atomic E-state index is 0.634. The Hall–Kier alpha value is -1.14. The second-order valence-electron chi connectivity index (χ2n) is 2.60. The molecule has 0 atom stereocenters. The number of thioether (sulfide) groups is 1. The number of aryl methyl sites for hydroxylation is 1. The molecule has 0 aromatic heterocycles. The molecular formula is C10H11NOS. The van der Waals surface area contributed by atoms with Crippen LogP contribution in [0.25, 0.3) is 0 Å². The molecule has 0 spiro atoms. The van der Waals surface area contributed by atoms with Gasteiger partial charge >= 0.3 is 0 Å². The average molecular weight is 193 g/mol. The number of hydrogen-bond acceptors (Lipinski definition) is 3. The van der Waals surface area contributed by atoms with E-state index >= 15 is 0 Å². The van der Waals surface area contributed by atoms with Gasteiger partial charge in [-0.3, -0.25) is 0 Å². The molecule has 2 nitrogen and oxygen atoms in total. The quantitative estimate of drug-likeness (QED) is 0.677. The van der Waals surface area contributed by atoms with E-state index in [4.69, 9.17) is 10.00 Å². The van der Waals surface area contributed by atoms with Crippen LogP contribution < -0.4 is 4.74 Å². The van der Waals surface area contributed by atoms with Gasteiger partial charge in [-0.2, -0.15) is 5.26 Å². The van der Waals surface area contributed by atoms with E-state index in [2.05, 4.69) is 6.07 Å². The Morgan fingerprint density at radius 1 is 1.46 bits per heavy atom. The zero-order valence-corrected chi connectivity index (χ0v) is 8.73. The Balaban J connectivity index is 3.39. The van der Waals surface area contributed by atoms with E-state index in [9.17, 15) is 0 Å². The Morgan fingerprint density at radius 3 is 2.62 bits per heavy atom. The van der Waals surface area contributed by atoms with Gasteiger partial charge in [-0.15, -0.1) is 11.8 Å². The van der Waals surface area contributed by atoms with Crippen molar-refractivity contribution in [2.24, 2.45) is 0 Å². The van der Waals surface area contributed by atoms with E-state index < -0.39 is 0 Å². The molecule has 0 fully saturated rings. The van der Waals surface area contributed by atoms with Gasteiger partial charge in [-0.05, 0) is 24.8 Å². The van der Waals surface area contributed by atoms with Crippen molar-refractivity contribution in [1.29, 1.82) is 5.26 Å². The maximum Gasteiger partial charge on any atom is 0.140 e. The number of nitriles is 1. The van der Waals surface area contributed by atoms with Crippen LogP contribution in [0.2, 0.25) is 0 Å². The number of nitrogens with zero attached hydrogens (tertiary/aromatic N) is 1. The summed E-state index contributed by atoms with van der Waals surface area (Å²) in [6.07, 6.45) is 1.95. The fourth-order valence-corrected chi connectivity index (χ4v) is 1.75. The van der Waals surface area contributed by atoms with Gasteiger partial charge in [0.05, 0.1) is 7.11 Å². The lowest BCUT2D eigenvalue weighted by Crippen LogP contribution is -1.93. The third-order valence-electron chi connectivity index (χ3n) is 1.85. The number of methoxy groups -OCH3 is 1. The van der Waals surface area contributed by atoms with E-state index in [1.165, 1.54) is 0 Å². The Kier molecular flexibility index (Phi) is 3.21. The molecule has 68 valence electrons. The minimum atomic E-state index is 0.634. The molecule has 1 aromatic carbocycles. The largest absolute Gasteiger partial charge is 0.495 e. The molecule has 1 rings (SSSR count). The van der Waals surface area contributed by atoms with Gasteiger partial charge in [0.2, 0.25) is 0 Å². The lowest BCUT2D eigenvalue weighted by atomic mass is 10.1. The predicted octanol–water partition coefficient (Wildman–Crippen LogP) is 2.60. The van der Waals surface area contributed by atoms with Crippen LogP contribution in [0.5, 0.6) is 5.75 Å². The molecule has 0 aliphatic carbocycles. The monoisotopic (exact) mass is 193 g/mol. The zero-order valence-electron chi connectivity index (χ0n) is 7.92. The summed E-state index contributed by atoms with van der Waals surface area (Å²) in [5, 5.41) is 8.94. The van der Waals surface area contributed by atoms with E-state index in [-0.39, 0.29) is 0 Å². The summed E-state index contributed by atoms with van der Waals surface area (Å²) in [6, 6.07) is 6.07. The molecule has 0 saturated heterocycles. The first-order chi connectivity index (χ1) is 6.24. The Bertz CT molecular complexity index is 355. The topological polar surface area (TPSA) is 33.0 Å². The zero-order chi connectivity index (χ0) is 9.84. The van der Waals surface area contributed by atoms with E-state index in [0.717, 1.165) is 10.5 Å². The fraction of sp³-hybridized carbons (Fsp3) is 0.300. The van der Waals surface area contributed by atoms with Crippen molar-refractivity contribution >= 4 is 11.8 Å². The SMILES string of the molecule is COc1c(C)ccc(SC)c1C#N. The van der Waals surface area contributed by atoms with Crippen LogP contribution in [0, 0.1) is 18.3 Å². The predicted molar refractivity (Wildman–Crippen MR) is 54.2 cm³/mol. The fourth-order valence-electron chi connectivity index (χ4n) is 1.21. The smallest absolute Gasteiger partial charge is 0.140 e. The van der Waals surface area contributed by atoms with Crippen LogP contribution in [0.3, 0.4) is 0 Å². The lowest BCUT2D eigenvalue weighted by Gasteiger charge is -2.09. The maximum absolute atomic E-state index is 8.94. The van der Waals surface area contributed by atoms with E-state index in [0.29, 0.717) is 11.3 Å². The first-order valence-corrected chi connectivity index (χ1v) is 5.08. The van der Waals surface area contributed by atoms with Gasteiger partial charge < -0.3 is 4.74 Å². The average Bonchev–Trinajstić information content (AvgIpc) is 2.17. The molecule has 0 saturated carbocycles. The summed E-state index contributed by atoms with van der Waals surface area (Å²) in [5.41, 5.74) is 1.63. The summed E-state index contributed by atoms with van der Waals surface area (Å²) in [6.45, 7) is 1.93. The standard InChI is InChI=1S/C10H11NOS/c1-7-4-5-9(13-3)8(6-11)10(7)12-2/h4-5H,1-3H3. The highest BCUT2D eigenvalue weighted by molar-refractivity contribution is 7.98. The van der Waals surface area contributed by atoms with Gasteiger partial charge in [0, 0.05) is 4.90 Å². The van der Waals surface area contributed by atoms with Gasteiger partial charge in [-0.25, -0.2) is 0 Å². The third kappa shape index (κ3) is 1.78. The maximum atomic E-state index is 8.94. The van der Waals surface area contributed by atoms with Crippen molar-refractivity contribution in [1.82, 2.24) is 0 Å². The van der Waals surface area contributed by atoms with Gasteiger partial charge in [0.1, 0.15) is 17.4 Å². The highest BCUT2D eigenvalue weighted by Gasteiger charge is 2.10. The lowest BCUT2D eigenvalue weighted by molar-refractivity contribution is 0.409. The second-order valence-corrected chi connectivity index (χ2v) is 3.45. The molecule has 0 aliphatic heterocycles. The molecule has 0 bridgehead atoms. The van der Waals surface area contributed by atoms with Crippen molar-refractivity contribution in [3.8, 4) is 11.8 Å². The molecule has 1 aromatic rings. The minimum Gasteiger partial charge on any atom is -0.495 e. The highest BCUT2D eigenvalue weighted by atomic mass is 32.2. The molecule has 0 N–H and O–H groups in total. The van der Waals surface area contributed by atoms with Crippen LogP contribution in [0.15, 0.2) is 17.0 Å². The molecular weight excluding hydrogens is 182 g/mol.